The highest BCUT2D eigenvalue weighted by atomic mass is 16.5. The van der Waals surface area contributed by atoms with Crippen molar-refractivity contribution in [2.24, 2.45) is 0 Å². The molecule has 4 aromatic carbocycles. The predicted molar refractivity (Wildman–Crippen MR) is 117 cm³/mol. The zero-order valence-corrected chi connectivity index (χ0v) is 16.6. The molecule has 1 heterocycles. The molecule has 0 amide bonds. The molecule has 2 N–H and O–H groups in total. The molecule has 0 radical (unpaired) electrons. The molecule has 5 heteroatoms. The lowest BCUT2D eigenvalue weighted by molar-refractivity contribution is 0.0844. The minimum absolute atomic E-state index is 0.114. The number of aromatic hydroxyl groups is 2. The van der Waals surface area contributed by atoms with E-state index in [4.69, 9.17) is 9.47 Å². The Labute approximate surface area is 179 Å². The van der Waals surface area contributed by atoms with Crippen LogP contribution in [0.2, 0.25) is 0 Å². The fraction of sp³-hybridized carbons (Fsp3) is 0.115. The van der Waals surface area contributed by atoms with Crippen LogP contribution in [0.5, 0.6) is 23.0 Å². The van der Waals surface area contributed by atoms with Crippen LogP contribution in [0.1, 0.15) is 34.0 Å². The summed E-state index contributed by atoms with van der Waals surface area (Å²) in [6.45, 7) is 0.318. The Kier molecular flexibility index (Phi) is 4.71. The highest BCUT2D eigenvalue weighted by molar-refractivity contribution is 6.02. The van der Waals surface area contributed by atoms with Gasteiger partial charge in [-0.1, -0.05) is 48.5 Å². The lowest BCUT2D eigenvalue weighted by atomic mass is 9.95. The van der Waals surface area contributed by atoms with E-state index < -0.39 is 6.10 Å². The van der Waals surface area contributed by atoms with Crippen LogP contribution in [0.3, 0.4) is 0 Å². The van der Waals surface area contributed by atoms with Crippen molar-refractivity contribution in [2.45, 2.75) is 19.1 Å². The van der Waals surface area contributed by atoms with E-state index in [0.717, 1.165) is 21.9 Å². The second-order valence-electron chi connectivity index (χ2n) is 7.61. The van der Waals surface area contributed by atoms with Crippen molar-refractivity contribution in [1.82, 2.24) is 0 Å². The van der Waals surface area contributed by atoms with Gasteiger partial charge in [0.2, 0.25) is 0 Å². The summed E-state index contributed by atoms with van der Waals surface area (Å²) in [7, 11) is 0. The molecule has 5 rings (SSSR count). The molecule has 0 bridgehead atoms. The average Bonchev–Trinajstić information content (AvgIpc) is 2.77. The van der Waals surface area contributed by atoms with Crippen molar-refractivity contribution in [3.63, 3.8) is 0 Å². The molecule has 1 aliphatic rings. The third kappa shape index (κ3) is 3.78. The van der Waals surface area contributed by atoms with Gasteiger partial charge in [-0.05, 0) is 40.1 Å². The molecule has 0 spiro atoms. The first-order valence-corrected chi connectivity index (χ1v) is 10.0. The Balaban J connectivity index is 1.38. The van der Waals surface area contributed by atoms with E-state index in [9.17, 15) is 15.0 Å². The molecule has 1 aliphatic heterocycles. The first-order chi connectivity index (χ1) is 15.1. The van der Waals surface area contributed by atoms with Crippen molar-refractivity contribution < 1.29 is 24.5 Å². The number of ether oxygens (including phenoxy) is 2. The third-order valence-corrected chi connectivity index (χ3v) is 5.46. The van der Waals surface area contributed by atoms with Gasteiger partial charge in [0, 0.05) is 12.1 Å². The molecule has 0 aliphatic carbocycles. The first kappa shape index (κ1) is 19.0. The zero-order valence-electron chi connectivity index (χ0n) is 16.6. The summed E-state index contributed by atoms with van der Waals surface area (Å²) >= 11 is 0. The minimum atomic E-state index is -0.490. The molecule has 0 saturated heterocycles. The Morgan fingerprint density at radius 3 is 2.48 bits per heavy atom. The zero-order chi connectivity index (χ0) is 21.4. The van der Waals surface area contributed by atoms with E-state index in [1.54, 1.807) is 30.3 Å². The summed E-state index contributed by atoms with van der Waals surface area (Å²) in [5.41, 5.74) is 1.95. The number of carbonyl (C=O) groups excluding carboxylic acids is 1. The summed E-state index contributed by atoms with van der Waals surface area (Å²) in [5.74, 6) is 0.512. The Bertz CT molecular complexity index is 1280. The van der Waals surface area contributed by atoms with Crippen LogP contribution in [0.4, 0.5) is 0 Å². The maximum absolute atomic E-state index is 12.6. The number of benzene rings is 4. The van der Waals surface area contributed by atoms with Crippen LogP contribution in [0, 0.1) is 0 Å². The molecule has 154 valence electrons. The van der Waals surface area contributed by atoms with Gasteiger partial charge in [0.1, 0.15) is 41.3 Å². The van der Waals surface area contributed by atoms with Crippen LogP contribution in [-0.2, 0) is 6.61 Å². The highest BCUT2D eigenvalue weighted by Gasteiger charge is 2.31. The van der Waals surface area contributed by atoms with Gasteiger partial charge in [0.15, 0.2) is 5.78 Å². The Hall–Kier alpha value is -3.99. The van der Waals surface area contributed by atoms with Crippen molar-refractivity contribution in [2.75, 3.05) is 0 Å². The summed E-state index contributed by atoms with van der Waals surface area (Å²) in [6, 6.07) is 23.8. The molecule has 5 nitrogen and oxygen atoms in total. The molecule has 4 aromatic rings. The number of carbonyl (C=O) groups is 1. The monoisotopic (exact) mass is 412 g/mol. The second kappa shape index (κ2) is 7.69. The van der Waals surface area contributed by atoms with Crippen LogP contribution in [0.15, 0.2) is 78.9 Å². The van der Waals surface area contributed by atoms with Crippen LogP contribution in [-0.4, -0.2) is 16.0 Å². The number of fused-ring (bicyclic) bond motifs is 2. The van der Waals surface area contributed by atoms with Crippen LogP contribution < -0.4 is 9.47 Å². The normalized spacial score (nSPS) is 15.4. The number of hydrogen-bond acceptors (Lipinski definition) is 5. The number of hydrogen-bond donors (Lipinski definition) is 2. The average molecular weight is 412 g/mol. The summed E-state index contributed by atoms with van der Waals surface area (Å²) in [6.07, 6.45) is -0.376. The number of Topliss-reactive ketones (excluding diaryl/α,β-unsaturated/α-hetero) is 1. The van der Waals surface area contributed by atoms with E-state index in [2.05, 4.69) is 12.1 Å². The molecule has 0 aromatic heterocycles. The van der Waals surface area contributed by atoms with Crippen molar-refractivity contribution in [1.29, 1.82) is 0 Å². The quantitative estimate of drug-likeness (QED) is 0.460. The van der Waals surface area contributed by atoms with Gasteiger partial charge in [-0.15, -0.1) is 0 Å². The van der Waals surface area contributed by atoms with Gasteiger partial charge in [-0.3, -0.25) is 4.79 Å². The molecular weight excluding hydrogens is 392 g/mol. The van der Waals surface area contributed by atoms with Crippen LogP contribution in [0.25, 0.3) is 10.8 Å². The van der Waals surface area contributed by atoms with E-state index in [1.807, 2.05) is 30.3 Å². The Morgan fingerprint density at radius 1 is 0.903 bits per heavy atom. The highest BCUT2D eigenvalue weighted by Crippen LogP contribution is 2.42. The summed E-state index contributed by atoms with van der Waals surface area (Å²) in [5, 5.41) is 22.2. The lowest BCUT2D eigenvalue weighted by Gasteiger charge is -2.26. The maximum atomic E-state index is 12.6. The molecular formula is C26H20O5. The molecule has 0 saturated carbocycles. The minimum Gasteiger partial charge on any atom is -0.508 e. The van der Waals surface area contributed by atoms with Crippen LogP contribution >= 0.6 is 0 Å². The van der Waals surface area contributed by atoms with Gasteiger partial charge < -0.3 is 19.7 Å². The van der Waals surface area contributed by atoms with E-state index in [1.165, 1.54) is 6.07 Å². The number of phenols is 2. The van der Waals surface area contributed by atoms with Gasteiger partial charge in [0.05, 0.1) is 6.42 Å². The smallest absolute Gasteiger partial charge is 0.174 e. The van der Waals surface area contributed by atoms with Gasteiger partial charge >= 0.3 is 0 Å². The number of rotatable bonds is 4. The Morgan fingerprint density at radius 2 is 1.68 bits per heavy atom. The van der Waals surface area contributed by atoms with Gasteiger partial charge in [-0.2, -0.15) is 0 Å². The fourth-order valence-electron chi connectivity index (χ4n) is 3.87. The standard InChI is InChI=1S/C26H20O5/c27-20-9-7-18(8-10-20)24-14-23(29)26-22(28)12-21(13-25(26)31-24)30-15-16-5-6-17-3-1-2-4-19(17)11-16/h1-13,24,27-28H,14-15H2/t24-/m0/s1. The SMILES string of the molecule is O=C1C[C@@H](c2ccc(O)cc2)Oc2cc(OCc3ccc4ccccc4c3)cc(O)c21. The fourth-order valence-corrected chi connectivity index (χ4v) is 3.87. The molecule has 1 atom stereocenters. The van der Waals surface area contributed by atoms with Crippen molar-refractivity contribution in [3.05, 3.63) is 95.6 Å². The van der Waals surface area contributed by atoms with Gasteiger partial charge in [-0.25, -0.2) is 0 Å². The molecule has 0 fully saturated rings. The van der Waals surface area contributed by atoms with E-state index in [0.29, 0.717) is 18.1 Å². The number of phenolic OH excluding ortho intramolecular Hbond substituents is 2. The van der Waals surface area contributed by atoms with Gasteiger partial charge in [0.25, 0.3) is 0 Å². The summed E-state index contributed by atoms with van der Waals surface area (Å²) in [4.78, 5) is 12.6. The lowest BCUT2D eigenvalue weighted by Crippen LogP contribution is -2.20. The largest absolute Gasteiger partial charge is 0.508 e. The van der Waals surface area contributed by atoms with E-state index >= 15 is 0 Å². The first-order valence-electron chi connectivity index (χ1n) is 10.0. The second-order valence-corrected chi connectivity index (χ2v) is 7.61. The van der Waals surface area contributed by atoms with E-state index in [-0.39, 0.29) is 29.3 Å². The topological polar surface area (TPSA) is 76.0 Å². The third-order valence-electron chi connectivity index (χ3n) is 5.46. The molecule has 0 unspecified atom stereocenters. The number of ketones is 1. The molecule has 31 heavy (non-hydrogen) atoms. The van der Waals surface area contributed by atoms with Crippen molar-refractivity contribution in [3.8, 4) is 23.0 Å². The van der Waals surface area contributed by atoms with Crippen molar-refractivity contribution >= 4 is 16.6 Å². The predicted octanol–water partition coefficient (Wildman–Crippen LogP) is 5.54. The maximum Gasteiger partial charge on any atom is 0.174 e. The summed E-state index contributed by atoms with van der Waals surface area (Å²) < 4.78 is 11.9.